The summed E-state index contributed by atoms with van der Waals surface area (Å²) in [6, 6.07) is 1.69. The van der Waals surface area contributed by atoms with Crippen molar-refractivity contribution in [3.8, 4) is 11.8 Å². The number of hydrogen-bond donors (Lipinski definition) is 1. The van der Waals surface area contributed by atoms with E-state index < -0.39 is 0 Å². The van der Waals surface area contributed by atoms with Crippen LogP contribution >= 0.6 is 0 Å². The standard InChI is InChI=1S/C16H20N2O3/c1-16(2)12-21-10-8-18(16)15(20)14-6-7-17-11-13(14)5-3-4-9-19/h6-7,11,19H,4,8-10,12H2,1-2H3. The molecule has 0 atom stereocenters. The Labute approximate surface area is 124 Å². The molecule has 0 bridgehead atoms. The van der Waals surface area contributed by atoms with Crippen molar-refractivity contribution in [1.82, 2.24) is 9.88 Å². The van der Waals surface area contributed by atoms with Crippen molar-refractivity contribution < 1.29 is 14.6 Å². The highest BCUT2D eigenvalue weighted by Crippen LogP contribution is 2.22. The molecular formula is C16H20N2O3. The predicted octanol–water partition coefficient (Wildman–Crippen LogP) is 1.07. The van der Waals surface area contributed by atoms with Crippen LogP contribution in [0.5, 0.6) is 0 Å². The van der Waals surface area contributed by atoms with Gasteiger partial charge in [0.05, 0.1) is 36.5 Å². The van der Waals surface area contributed by atoms with Gasteiger partial charge in [0.15, 0.2) is 0 Å². The van der Waals surface area contributed by atoms with E-state index in [1.54, 1.807) is 18.5 Å². The lowest BCUT2D eigenvalue weighted by Crippen LogP contribution is -2.55. The summed E-state index contributed by atoms with van der Waals surface area (Å²) in [6.07, 6.45) is 3.56. The molecular weight excluding hydrogens is 268 g/mol. The highest BCUT2D eigenvalue weighted by molar-refractivity contribution is 5.97. The molecule has 2 heterocycles. The van der Waals surface area contributed by atoms with Crippen LogP contribution in [0, 0.1) is 11.8 Å². The lowest BCUT2D eigenvalue weighted by molar-refractivity contribution is -0.0370. The third kappa shape index (κ3) is 3.60. The summed E-state index contributed by atoms with van der Waals surface area (Å²) in [7, 11) is 0. The Balaban J connectivity index is 2.29. The second-order valence-corrected chi connectivity index (χ2v) is 5.52. The molecule has 5 nitrogen and oxygen atoms in total. The maximum atomic E-state index is 12.8. The van der Waals surface area contributed by atoms with Crippen LogP contribution in [0.25, 0.3) is 0 Å². The minimum atomic E-state index is -0.339. The lowest BCUT2D eigenvalue weighted by atomic mass is 10.00. The molecule has 2 rings (SSSR count). The zero-order chi connectivity index (χ0) is 15.3. The summed E-state index contributed by atoms with van der Waals surface area (Å²) >= 11 is 0. The molecule has 1 aliphatic rings. The van der Waals surface area contributed by atoms with Gasteiger partial charge in [0, 0.05) is 25.4 Å². The SMILES string of the molecule is CC1(C)COCCN1C(=O)c1ccncc1C#CCCO. The van der Waals surface area contributed by atoms with E-state index in [1.165, 1.54) is 0 Å². The monoisotopic (exact) mass is 288 g/mol. The van der Waals surface area contributed by atoms with E-state index >= 15 is 0 Å². The van der Waals surface area contributed by atoms with Crippen LogP contribution in [0.3, 0.4) is 0 Å². The van der Waals surface area contributed by atoms with E-state index in [4.69, 9.17) is 9.84 Å². The number of carbonyl (C=O) groups excluding carboxylic acids is 1. The van der Waals surface area contributed by atoms with Crippen molar-refractivity contribution in [3.05, 3.63) is 29.6 Å². The number of nitrogens with zero attached hydrogens (tertiary/aromatic N) is 2. The van der Waals surface area contributed by atoms with Gasteiger partial charge in [-0.1, -0.05) is 11.8 Å². The molecule has 1 saturated heterocycles. The number of ether oxygens (including phenoxy) is 1. The fraction of sp³-hybridized carbons (Fsp3) is 0.500. The van der Waals surface area contributed by atoms with Gasteiger partial charge in [0.25, 0.3) is 5.91 Å². The van der Waals surface area contributed by atoms with E-state index in [9.17, 15) is 4.79 Å². The first-order valence-corrected chi connectivity index (χ1v) is 7.00. The van der Waals surface area contributed by atoms with Crippen molar-refractivity contribution in [2.75, 3.05) is 26.4 Å². The number of aliphatic hydroxyl groups excluding tert-OH is 1. The van der Waals surface area contributed by atoms with Crippen LogP contribution in [0.1, 0.15) is 36.2 Å². The predicted molar refractivity (Wildman–Crippen MR) is 78.8 cm³/mol. The molecule has 1 amide bonds. The molecule has 0 spiro atoms. The largest absolute Gasteiger partial charge is 0.395 e. The first-order chi connectivity index (χ1) is 10.1. The molecule has 1 aliphatic heterocycles. The highest BCUT2D eigenvalue weighted by atomic mass is 16.5. The Hall–Kier alpha value is -1.90. The molecule has 112 valence electrons. The molecule has 0 aliphatic carbocycles. The van der Waals surface area contributed by atoms with Crippen LogP contribution < -0.4 is 0 Å². The van der Waals surface area contributed by atoms with Gasteiger partial charge in [-0.25, -0.2) is 0 Å². The van der Waals surface area contributed by atoms with Gasteiger partial charge in [0.2, 0.25) is 0 Å². The maximum absolute atomic E-state index is 12.8. The normalized spacial score (nSPS) is 17.0. The van der Waals surface area contributed by atoms with Gasteiger partial charge in [-0.3, -0.25) is 9.78 Å². The Morgan fingerprint density at radius 1 is 1.57 bits per heavy atom. The van der Waals surface area contributed by atoms with Gasteiger partial charge >= 0.3 is 0 Å². The molecule has 1 aromatic heterocycles. The van der Waals surface area contributed by atoms with Crippen molar-refractivity contribution in [1.29, 1.82) is 0 Å². The lowest BCUT2D eigenvalue weighted by Gasteiger charge is -2.42. The summed E-state index contributed by atoms with van der Waals surface area (Å²) in [5, 5.41) is 8.79. The number of aromatic nitrogens is 1. The molecule has 21 heavy (non-hydrogen) atoms. The number of carbonyl (C=O) groups is 1. The quantitative estimate of drug-likeness (QED) is 0.827. The number of amides is 1. The average Bonchev–Trinajstić information content (AvgIpc) is 2.47. The molecule has 1 aromatic rings. The minimum Gasteiger partial charge on any atom is -0.395 e. The fourth-order valence-corrected chi connectivity index (χ4v) is 2.27. The highest BCUT2D eigenvalue weighted by Gasteiger charge is 2.35. The first-order valence-electron chi connectivity index (χ1n) is 7.00. The van der Waals surface area contributed by atoms with E-state index in [1.807, 2.05) is 18.7 Å². The van der Waals surface area contributed by atoms with E-state index in [0.29, 0.717) is 37.3 Å². The number of pyridine rings is 1. The first kappa shape index (κ1) is 15.5. The van der Waals surface area contributed by atoms with Crippen molar-refractivity contribution in [2.24, 2.45) is 0 Å². The van der Waals surface area contributed by atoms with Crippen LogP contribution in [0.2, 0.25) is 0 Å². The topological polar surface area (TPSA) is 62.7 Å². The molecule has 0 unspecified atom stereocenters. The number of morpholine rings is 1. The van der Waals surface area contributed by atoms with E-state index in [2.05, 4.69) is 16.8 Å². The van der Waals surface area contributed by atoms with Gasteiger partial charge in [-0.2, -0.15) is 0 Å². The second kappa shape index (κ2) is 6.70. The zero-order valence-electron chi connectivity index (χ0n) is 12.4. The molecule has 5 heteroatoms. The summed E-state index contributed by atoms with van der Waals surface area (Å²) in [5.41, 5.74) is 0.803. The van der Waals surface area contributed by atoms with Gasteiger partial charge < -0.3 is 14.7 Å². The molecule has 0 saturated carbocycles. The molecule has 1 N–H and O–H groups in total. The number of aliphatic hydroxyl groups is 1. The van der Waals surface area contributed by atoms with Crippen LogP contribution in [-0.2, 0) is 4.74 Å². The summed E-state index contributed by atoms with van der Waals surface area (Å²) < 4.78 is 5.45. The Morgan fingerprint density at radius 2 is 2.38 bits per heavy atom. The summed E-state index contributed by atoms with van der Waals surface area (Å²) in [6.45, 7) is 5.62. The minimum absolute atomic E-state index is 0.00698. The van der Waals surface area contributed by atoms with Crippen molar-refractivity contribution in [2.45, 2.75) is 25.8 Å². The number of rotatable bonds is 2. The van der Waals surface area contributed by atoms with E-state index in [-0.39, 0.29) is 18.1 Å². The van der Waals surface area contributed by atoms with Crippen LogP contribution in [0.4, 0.5) is 0 Å². The van der Waals surface area contributed by atoms with E-state index in [0.717, 1.165) is 0 Å². The van der Waals surface area contributed by atoms with Crippen molar-refractivity contribution in [3.63, 3.8) is 0 Å². The third-order valence-electron chi connectivity index (χ3n) is 3.40. The van der Waals surface area contributed by atoms with Gasteiger partial charge in [-0.05, 0) is 19.9 Å². The Bertz CT molecular complexity index is 572. The maximum Gasteiger partial charge on any atom is 0.255 e. The van der Waals surface area contributed by atoms with Crippen molar-refractivity contribution >= 4 is 5.91 Å². The zero-order valence-corrected chi connectivity index (χ0v) is 12.4. The summed E-state index contributed by atoms with van der Waals surface area (Å²) in [4.78, 5) is 18.6. The fourth-order valence-electron chi connectivity index (χ4n) is 2.27. The Morgan fingerprint density at radius 3 is 3.10 bits per heavy atom. The average molecular weight is 288 g/mol. The molecule has 1 fully saturated rings. The summed E-state index contributed by atoms with van der Waals surface area (Å²) in [5.74, 6) is 5.69. The molecule has 0 aromatic carbocycles. The van der Waals surface area contributed by atoms with Crippen LogP contribution in [0.15, 0.2) is 18.5 Å². The smallest absolute Gasteiger partial charge is 0.255 e. The number of hydrogen-bond acceptors (Lipinski definition) is 4. The van der Waals surface area contributed by atoms with Crippen LogP contribution in [-0.4, -0.2) is 52.8 Å². The molecule has 0 radical (unpaired) electrons. The second-order valence-electron chi connectivity index (χ2n) is 5.52. The Kier molecular flexibility index (Phi) is 4.94. The van der Waals surface area contributed by atoms with Gasteiger partial charge in [-0.15, -0.1) is 0 Å². The third-order valence-corrected chi connectivity index (χ3v) is 3.40. The van der Waals surface area contributed by atoms with Gasteiger partial charge in [0.1, 0.15) is 0 Å².